The average Bonchev–Trinajstić information content (AvgIpc) is 2.61. The second kappa shape index (κ2) is 6.80. The zero-order valence-electron chi connectivity index (χ0n) is 8.75. The van der Waals surface area contributed by atoms with E-state index in [4.69, 9.17) is 11.6 Å². The molecule has 0 radical (unpaired) electrons. The first-order valence-electron chi connectivity index (χ1n) is 4.96. The van der Waals surface area contributed by atoms with Crippen molar-refractivity contribution in [3.63, 3.8) is 0 Å². The Hall–Kier alpha value is -0.610. The van der Waals surface area contributed by atoms with Gasteiger partial charge in [0.1, 0.15) is 0 Å². The van der Waals surface area contributed by atoms with E-state index in [0.717, 1.165) is 23.5 Å². The maximum Gasteiger partial charge on any atom is 0.220 e. The first-order chi connectivity index (χ1) is 7.22. The molecule has 1 N–H and O–H groups in total. The second-order valence-corrected chi connectivity index (χ2v) is 4.60. The molecule has 1 amide bonds. The maximum atomic E-state index is 11.2. The highest BCUT2D eigenvalue weighted by atomic mass is 35.5. The van der Waals surface area contributed by atoms with Crippen LogP contribution in [0.25, 0.3) is 0 Å². The smallest absolute Gasteiger partial charge is 0.220 e. The van der Waals surface area contributed by atoms with Gasteiger partial charge in [-0.2, -0.15) is 0 Å². The summed E-state index contributed by atoms with van der Waals surface area (Å²) in [5.41, 5.74) is 1.04. The number of alkyl halides is 1. The van der Waals surface area contributed by atoms with E-state index in [1.54, 1.807) is 11.3 Å². The van der Waals surface area contributed by atoms with Gasteiger partial charge < -0.3 is 5.32 Å². The summed E-state index contributed by atoms with van der Waals surface area (Å²) in [5, 5.41) is 5.94. The molecule has 0 saturated heterocycles. The zero-order chi connectivity index (χ0) is 11.1. The minimum atomic E-state index is 0.0731. The van der Waals surface area contributed by atoms with E-state index in [2.05, 4.69) is 10.3 Å². The van der Waals surface area contributed by atoms with Crippen molar-refractivity contribution in [2.24, 2.45) is 0 Å². The molecule has 0 fully saturated rings. The summed E-state index contributed by atoms with van der Waals surface area (Å²) in [7, 11) is 0. The van der Waals surface area contributed by atoms with Crippen molar-refractivity contribution in [2.45, 2.75) is 26.2 Å². The molecule has 1 heterocycles. The fourth-order valence-electron chi connectivity index (χ4n) is 1.14. The normalized spacial score (nSPS) is 10.3. The highest BCUT2D eigenvalue weighted by Crippen LogP contribution is 2.08. The van der Waals surface area contributed by atoms with Gasteiger partial charge in [-0.3, -0.25) is 4.79 Å². The van der Waals surface area contributed by atoms with E-state index >= 15 is 0 Å². The number of amides is 1. The van der Waals surface area contributed by atoms with Crippen molar-refractivity contribution < 1.29 is 4.79 Å². The Morgan fingerprint density at radius 3 is 3.07 bits per heavy atom. The van der Waals surface area contributed by atoms with Crippen LogP contribution in [0.15, 0.2) is 5.38 Å². The lowest BCUT2D eigenvalue weighted by Crippen LogP contribution is -2.25. The van der Waals surface area contributed by atoms with Crippen molar-refractivity contribution in [3.05, 3.63) is 16.1 Å². The van der Waals surface area contributed by atoms with Crippen LogP contribution in [0.3, 0.4) is 0 Å². The lowest BCUT2D eigenvalue weighted by atomic mass is 10.3. The summed E-state index contributed by atoms with van der Waals surface area (Å²) < 4.78 is 0. The van der Waals surface area contributed by atoms with Gasteiger partial charge >= 0.3 is 0 Å². The summed E-state index contributed by atoms with van der Waals surface area (Å²) in [6, 6.07) is 0. The van der Waals surface area contributed by atoms with E-state index in [-0.39, 0.29) is 5.91 Å². The van der Waals surface area contributed by atoms with Crippen LogP contribution >= 0.6 is 22.9 Å². The molecule has 0 saturated carbocycles. The molecule has 0 atom stereocenters. The van der Waals surface area contributed by atoms with Crippen LogP contribution in [-0.4, -0.2) is 23.3 Å². The quantitative estimate of drug-likeness (QED) is 0.782. The standard InChI is InChI=1S/C10H15ClN2OS/c1-8-7-15-10(13-8)4-6-12-9(14)3-2-5-11/h7H,2-6H2,1H3,(H,12,14). The summed E-state index contributed by atoms with van der Waals surface area (Å²) in [5.74, 6) is 0.614. The number of carbonyl (C=O) groups excluding carboxylic acids is 1. The molecular weight excluding hydrogens is 232 g/mol. The van der Waals surface area contributed by atoms with E-state index in [9.17, 15) is 4.79 Å². The van der Waals surface area contributed by atoms with Crippen LogP contribution in [0.4, 0.5) is 0 Å². The average molecular weight is 247 g/mol. The number of aromatic nitrogens is 1. The predicted molar refractivity (Wildman–Crippen MR) is 63.5 cm³/mol. The van der Waals surface area contributed by atoms with Crippen LogP contribution in [0.5, 0.6) is 0 Å². The predicted octanol–water partition coefficient (Wildman–Crippen LogP) is 2.13. The summed E-state index contributed by atoms with van der Waals surface area (Å²) in [6.45, 7) is 2.63. The highest BCUT2D eigenvalue weighted by Gasteiger charge is 2.01. The molecule has 1 aromatic heterocycles. The van der Waals surface area contributed by atoms with Gasteiger partial charge in [0.2, 0.25) is 5.91 Å². The molecule has 0 aliphatic carbocycles. The topological polar surface area (TPSA) is 42.0 Å². The number of halogens is 1. The van der Waals surface area contributed by atoms with Crippen LogP contribution in [0.2, 0.25) is 0 Å². The molecule has 0 unspecified atom stereocenters. The SMILES string of the molecule is Cc1csc(CCNC(=O)CCCCl)n1. The molecule has 1 rings (SSSR count). The molecule has 15 heavy (non-hydrogen) atoms. The van der Waals surface area contributed by atoms with Crippen molar-refractivity contribution in [1.82, 2.24) is 10.3 Å². The number of hydrogen-bond donors (Lipinski definition) is 1. The fraction of sp³-hybridized carbons (Fsp3) is 0.600. The molecule has 0 bridgehead atoms. The van der Waals surface area contributed by atoms with Crippen LogP contribution in [0.1, 0.15) is 23.5 Å². The maximum absolute atomic E-state index is 11.2. The number of nitrogens with one attached hydrogen (secondary N) is 1. The van der Waals surface area contributed by atoms with E-state index in [0.29, 0.717) is 18.8 Å². The van der Waals surface area contributed by atoms with Gasteiger partial charge in [-0.05, 0) is 13.3 Å². The first-order valence-corrected chi connectivity index (χ1v) is 6.37. The molecule has 0 spiro atoms. The van der Waals surface area contributed by atoms with Crippen LogP contribution in [0, 0.1) is 6.92 Å². The van der Waals surface area contributed by atoms with Gasteiger partial charge in [0.25, 0.3) is 0 Å². The van der Waals surface area contributed by atoms with Crippen molar-refractivity contribution >= 4 is 28.8 Å². The molecule has 0 aliphatic rings. The Morgan fingerprint density at radius 1 is 1.67 bits per heavy atom. The number of rotatable bonds is 6. The molecule has 84 valence electrons. The Labute approximate surface area is 98.9 Å². The summed E-state index contributed by atoms with van der Waals surface area (Å²) >= 11 is 7.13. The number of nitrogens with zero attached hydrogens (tertiary/aromatic N) is 1. The third-order valence-corrected chi connectivity index (χ3v) is 3.16. The van der Waals surface area contributed by atoms with E-state index in [1.165, 1.54) is 0 Å². The van der Waals surface area contributed by atoms with Gasteiger partial charge in [0, 0.05) is 36.3 Å². The Morgan fingerprint density at radius 2 is 2.47 bits per heavy atom. The van der Waals surface area contributed by atoms with Crippen LogP contribution < -0.4 is 5.32 Å². The van der Waals surface area contributed by atoms with Gasteiger partial charge in [-0.1, -0.05) is 0 Å². The fourth-order valence-corrected chi connectivity index (χ4v) is 2.05. The van der Waals surface area contributed by atoms with Gasteiger partial charge in [0.15, 0.2) is 0 Å². The molecular formula is C10H15ClN2OS. The van der Waals surface area contributed by atoms with Crippen molar-refractivity contribution in [1.29, 1.82) is 0 Å². The number of carbonyl (C=O) groups is 1. The molecule has 0 aliphatic heterocycles. The highest BCUT2D eigenvalue weighted by molar-refractivity contribution is 7.09. The first kappa shape index (κ1) is 12.5. The van der Waals surface area contributed by atoms with Gasteiger partial charge in [-0.15, -0.1) is 22.9 Å². The lowest BCUT2D eigenvalue weighted by Gasteiger charge is -2.02. The monoisotopic (exact) mass is 246 g/mol. The number of thiazole rings is 1. The molecule has 0 aromatic carbocycles. The third-order valence-electron chi connectivity index (χ3n) is 1.87. The zero-order valence-corrected chi connectivity index (χ0v) is 10.3. The number of aryl methyl sites for hydroxylation is 1. The van der Waals surface area contributed by atoms with Gasteiger partial charge in [-0.25, -0.2) is 4.98 Å². The molecule has 5 heteroatoms. The van der Waals surface area contributed by atoms with Gasteiger partial charge in [0.05, 0.1) is 5.01 Å². The third kappa shape index (κ3) is 5.14. The lowest BCUT2D eigenvalue weighted by molar-refractivity contribution is -0.121. The second-order valence-electron chi connectivity index (χ2n) is 3.28. The largest absolute Gasteiger partial charge is 0.356 e. The minimum Gasteiger partial charge on any atom is -0.356 e. The minimum absolute atomic E-state index is 0.0731. The summed E-state index contributed by atoms with van der Waals surface area (Å²) in [6.07, 6.45) is 2.06. The summed E-state index contributed by atoms with van der Waals surface area (Å²) in [4.78, 5) is 15.5. The Balaban J connectivity index is 2.13. The Bertz CT molecular complexity index is 314. The molecule has 3 nitrogen and oxygen atoms in total. The van der Waals surface area contributed by atoms with Crippen LogP contribution in [-0.2, 0) is 11.2 Å². The Kier molecular flexibility index (Phi) is 5.65. The van der Waals surface area contributed by atoms with Crippen molar-refractivity contribution in [2.75, 3.05) is 12.4 Å². The van der Waals surface area contributed by atoms with E-state index < -0.39 is 0 Å². The molecule has 1 aromatic rings. The van der Waals surface area contributed by atoms with E-state index in [1.807, 2.05) is 12.3 Å². The van der Waals surface area contributed by atoms with Crippen molar-refractivity contribution in [3.8, 4) is 0 Å². The number of hydrogen-bond acceptors (Lipinski definition) is 3.